The number of fused-ring (bicyclic) bond motifs is 2. The van der Waals surface area contributed by atoms with Crippen LogP contribution in [0.4, 0.5) is 0 Å². The second-order valence-electron chi connectivity index (χ2n) is 6.92. The van der Waals surface area contributed by atoms with Crippen LogP contribution in [0, 0.1) is 11.8 Å². The molecule has 0 amide bonds. The van der Waals surface area contributed by atoms with E-state index in [1.807, 2.05) is 36.4 Å². The highest BCUT2D eigenvalue weighted by Gasteiger charge is 2.51. The number of hydrogen-bond acceptors (Lipinski definition) is 3. The van der Waals surface area contributed by atoms with Gasteiger partial charge in [-0.15, -0.1) is 0 Å². The van der Waals surface area contributed by atoms with Crippen LogP contribution in [0.25, 0.3) is 0 Å². The quantitative estimate of drug-likeness (QED) is 0.780. The number of allylic oxidation sites excluding steroid dienone is 1. The summed E-state index contributed by atoms with van der Waals surface area (Å²) >= 11 is 0. The van der Waals surface area contributed by atoms with E-state index in [1.165, 1.54) is 7.11 Å². The first-order valence-electron chi connectivity index (χ1n) is 8.48. The largest absolute Gasteiger partial charge is 0.468 e. The van der Waals surface area contributed by atoms with Crippen LogP contribution in [0.3, 0.4) is 0 Å². The Kier molecular flexibility index (Phi) is 4.38. The van der Waals surface area contributed by atoms with Gasteiger partial charge >= 0.3 is 5.97 Å². The molecule has 3 rings (SSSR count). The lowest BCUT2D eigenvalue weighted by Gasteiger charge is -2.33. The Labute approximate surface area is 137 Å². The molecule has 0 heterocycles. The fraction of sp³-hybridized carbons (Fsp3) is 0.500. The van der Waals surface area contributed by atoms with Crippen LogP contribution < -0.4 is 0 Å². The molecule has 2 bridgehead atoms. The molecule has 0 saturated heterocycles. The van der Waals surface area contributed by atoms with Crippen molar-refractivity contribution in [3.8, 4) is 0 Å². The SMILES string of the molecule is COC(=O)[C@]1(c2ccccc2)C[C@H](C)C[C@@H]2CCCC=C1C2=O. The van der Waals surface area contributed by atoms with E-state index in [2.05, 4.69) is 6.92 Å². The minimum atomic E-state index is -0.953. The zero-order valence-electron chi connectivity index (χ0n) is 13.9. The number of ketones is 1. The lowest BCUT2D eigenvalue weighted by molar-refractivity contribution is -0.147. The molecule has 0 aliphatic heterocycles. The summed E-state index contributed by atoms with van der Waals surface area (Å²) in [7, 11) is 1.42. The Morgan fingerprint density at radius 3 is 2.70 bits per heavy atom. The molecule has 2 aliphatic carbocycles. The number of hydrogen-bond donors (Lipinski definition) is 0. The van der Waals surface area contributed by atoms with Gasteiger partial charge < -0.3 is 4.74 Å². The van der Waals surface area contributed by atoms with Crippen LogP contribution in [-0.4, -0.2) is 18.9 Å². The summed E-state index contributed by atoms with van der Waals surface area (Å²) in [4.78, 5) is 26.1. The van der Waals surface area contributed by atoms with Crippen LogP contribution in [0.1, 0.15) is 44.6 Å². The molecule has 2 aliphatic rings. The lowest BCUT2D eigenvalue weighted by atomic mass is 9.68. The Morgan fingerprint density at radius 1 is 1.26 bits per heavy atom. The van der Waals surface area contributed by atoms with Crippen molar-refractivity contribution in [3.63, 3.8) is 0 Å². The fourth-order valence-electron chi connectivity index (χ4n) is 4.35. The third-order valence-corrected chi connectivity index (χ3v) is 5.34. The van der Waals surface area contributed by atoms with E-state index in [0.717, 1.165) is 31.2 Å². The molecular formula is C20H24O3. The maximum atomic E-state index is 13.1. The van der Waals surface area contributed by atoms with Gasteiger partial charge in [0, 0.05) is 11.5 Å². The smallest absolute Gasteiger partial charge is 0.320 e. The number of methoxy groups -OCH3 is 1. The third-order valence-electron chi connectivity index (χ3n) is 5.34. The highest BCUT2D eigenvalue weighted by molar-refractivity contribution is 6.07. The van der Waals surface area contributed by atoms with Crippen molar-refractivity contribution in [2.24, 2.45) is 11.8 Å². The van der Waals surface area contributed by atoms with Crippen LogP contribution in [0.5, 0.6) is 0 Å². The van der Waals surface area contributed by atoms with E-state index < -0.39 is 5.41 Å². The Balaban J connectivity index is 2.25. The minimum Gasteiger partial charge on any atom is -0.468 e. The number of Topliss-reactive ketones (excluding diaryl/α,β-unsaturated/α-hetero) is 1. The van der Waals surface area contributed by atoms with E-state index >= 15 is 0 Å². The maximum Gasteiger partial charge on any atom is 0.320 e. The second-order valence-corrected chi connectivity index (χ2v) is 6.92. The van der Waals surface area contributed by atoms with Gasteiger partial charge in [0.1, 0.15) is 5.41 Å². The molecule has 3 atom stereocenters. The van der Waals surface area contributed by atoms with Gasteiger partial charge in [-0.05, 0) is 43.6 Å². The summed E-state index contributed by atoms with van der Waals surface area (Å²) in [5.74, 6) is 0.194. The average Bonchev–Trinajstić information content (AvgIpc) is 2.81. The molecule has 3 heteroatoms. The summed E-state index contributed by atoms with van der Waals surface area (Å²) < 4.78 is 5.20. The molecule has 122 valence electrons. The zero-order chi connectivity index (χ0) is 16.4. The van der Waals surface area contributed by atoms with E-state index in [4.69, 9.17) is 4.74 Å². The highest BCUT2D eigenvalue weighted by atomic mass is 16.5. The van der Waals surface area contributed by atoms with Gasteiger partial charge in [0.25, 0.3) is 0 Å². The molecule has 3 nitrogen and oxygen atoms in total. The van der Waals surface area contributed by atoms with E-state index in [-0.39, 0.29) is 17.7 Å². The van der Waals surface area contributed by atoms with Crippen LogP contribution in [0.15, 0.2) is 42.0 Å². The van der Waals surface area contributed by atoms with Gasteiger partial charge in [-0.25, -0.2) is 0 Å². The van der Waals surface area contributed by atoms with E-state index in [1.54, 1.807) is 0 Å². The van der Waals surface area contributed by atoms with Gasteiger partial charge in [0.2, 0.25) is 0 Å². The van der Waals surface area contributed by atoms with Crippen LogP contribution in [0.2, 0.25) is 0 Å². The van der Waals surface area contributed by atoms with Crippen LogP contribution in [-0.2, 0) is 19.7 Å². The van der Waals surface area contributed by atoms with Crippen molar-refractivity contribution in [1.82, 2.24) is 0 Å². The second kappa shape index (κ2) is 6.31. The summed E-state index contributed by atoms with van der Waals surface area (Å²) in [6.07, 6.45) is 6.30. The molecule has 0 N–H and O–H groups in total. The number of ether oxygens (including phenoxy) is 1. The first kappa shape index (κ1) is 16.0. The average molecular weight is 312 g/mol. The number of carbonyl (C=O) groups is 2. The summed E-state index contributed by atoms with van der Waals surface area (Å²) in [5.41, 5.74) is 0.592. The molecule has 0 aromatic heterocycles. The molecule has 0 unspecified atom stereocenters. The Bertz CT molecular complexity index is 632. The predicted octanol–water partition coefficient (Wildman–Crippen LogP) is 3.82. The third kappa shape index (κ3) is 2.62. The van der Waals surface area contributed by atoms with Gasteiger partial charge in [-0.1, -0.05) is 43.3 Å². The topological polar surface area (TPSA) is 43.4 Å². The molecular weight excluding hydrogens is 288 g/mol. The highest BCUT2D eigenvalue weighted by Crippen LogP contribution is 2.47. The first-order valence-corrected chi connectivity index (χ1v) is 8.48. The van der Waals surface area contributed by atoms with Crippen molar-refractivity contribution < 1.29 is 14.3 Å². The lowest BCUT2D eigenvalue weighted by Crippen LogP contribution is -2.42. The Morgan fingerprint density at radius 2 is 2.00 bits per heavy atom. The van der Waals surface area contributed by atoms with E-state index in [0.29, 0.717) is 17.9 Å². The first-order chi connectivity index (χ1) is 11.1. The van der Waals surface area contributed by atoms with Gasteiger partial charge in [0.15, 0.2) is 5.78 Å². The zero-order valence-corrected chi connectivity index (χ0v) is 13.9. The molecule has 0 spiro atoms. The molecule has 1 saturated carbocycles. The van der Waals surface area contributed by atoms with Gasteiger partial charge in [0.05, 0.1) is 7.11 Å². The van der Waals surface area contributed by atoms with Gasteiger partial charge in [-0.3, -0.25) is 9.59 Å². The van der Waals surface area contributed by atoms with Crippen molar-refractivity contribution in [2.45, 2.75) is 44.4 Å². The van der Waals surface area contributed by atoms with Crippen molar-refractivity contribution in [3.05, 3.63) is 47.5 Å². The van der Waals surface area contributed by atoms with Crippen molar-refractivity contribution >= 4 is 11.8 Å². The Hall–Kier alpha value is -1.90. The monoisotopic (exact) mass is 312 g/mol. The normalized spacial score (nSPS) is 30.9. The summed E-state index contributed by atoms with van der Waals surface area (Å²) in [6.45, 7) is 2.14. The summed E-state index contributed by atoms with van der Waals surface area (Å²) in [5, 5.41) is 0. The molecule has 1 aromatic rings. The number of esters is 1. The molecule has 0 radical (unpaired) electrons. The minimum absolute atomic E-state index is 0.0500. The fourth-order valence-corrected chi connectivity index (χ4v) is 4.35. The predicted molar refractivity (Wildman–Crippen MR) is 89.0 cm³/mol. The molecule has 23 heavy (non-hydrogen) atoms. The number of rotatable bonds is 2. The van der Waals surface area contributed by atoms with Gasteiger partial charge in [-0.2, -0.15) is 0 Å². The van der Waals surface area contributed by atoms with Crippen molar-refractivity contribution in [2.75, 3.05) is 7.11 Å². The number of carbonyl (C=O) groups excluding carboxylic acids is 2. The molecule has 1 aromatic carbocycles. The summed E-state index contributed by atoms with van der Waals surface area (Å²) in [6, 6.07) is 9.68. The maximum absolute atomic E-state index is 13.1. The number of benzene rings is 1. The standard InChI is InChI=1S/C20H24O3/c1-14-12-15-8-6-7-11-17(18(15)21)20(13-14,19(22)23-2)16-9-4-3-5-10-16/h3-5,9-11,14-15H,6-8,12-13H2,1-2H3/t14-,15+,20+/m1/s1. The van der Waals surface area contributed by atoms with E-state index in [9.17, 15) is 9.59 Å². The van der Waals surface area contributed by atoms with Crippen LogP contribution >= 0.6 is 0 Å². The van der Waals surface area contributed by atoms with Crippen molar-refractivity contribution in [1.29, 1.82) is 0 Å². The molecule has 1 fully saturated rings.